The van der Waals surface area contributed by atoms with Crippen molar-refractivity contribution < 1.29 is 29.6 Å². The first-order valence-electron chi connectivity index (χ1n) is 5.30. The molecule has 0 aliphatic carbocycles. The fourth-order valence-corrected chi connectivity index (χ4v) is 2.21. The summed E-state index contributed by atoms with van der Waals surface area (Å²) >= 11 is 0.856. The van der Waals surface area contributed by atoms with Gasteiger partial charge >= 0.3 is 11.9 Å². The molecule has 7 heteroatoms. The predicted molar refractivity (Wildman–Crippen MR) is 63.5 cm³/mol. The molecule has 1 heterocycles. The molecule has 2 atom stereocenters. The van der Waals surface area contributed by atoms with Crippen molar-refractivity contribution >= 4 is 23.3 Å². The van der Waals surface area contributed by atoms with Gasteiger partial charge in [0.1, 0.15) is 11.0 Å². The minimum absolute atomic E-state index is 0.0624. The number of aliphatic hydroxyl groups is 2. The van der Waals surface area contributed by atoms with Gasteiger partial charge in [0.2, 0.25) is 0 Å². The van der Waals surface area contributed by atoms with Gasteiger partial charge < -0.3 is 20.1 Å². The first-order valence-corrected chi connectivity index (χ1v) is 6.12. The maximum atomic E-state index is 11.1. The Morgan fingerprint density at radius 1 is 1.39 bits per heavy atom. The van der Waals surface area contributed by atoms with Crippen LogP contribution in [0, 0.1) is 0 Å². The molecule has 0 saturated carbocycles. The number of carbonyl (C=O) groups is 2. The lowest BCUT2D eigenvalue weighted by molar-refractivity contribution is -0.147. The highest BCUT2D eigenvalue weighted by molar-refractivity contribution is 7.14. The molecule has 2 unspecified atom stereocenters. The molecule has 3 N–H and O–H groups in total. The highest BCUT2D eigenvalue weighted by Crippen LogP contribution is 2.26. The van der Waals surface area contributed by atoms with E-state index in [1.54, 1.807) is 6.92 Å². The Balaban J connectivity index is 2.64. The minimum Gasteiger partial charge on any atom is -0.477 e. The summed E-state index contributed by atoms with van der Waals surface area (Å²) in [6.45, 7) is 1.84. The molecule has 1 rings (SSSR count). The second-order valence-electron chi connectivity index (χ2n) is 3.53. The molecule has 6 nitrogen and oxygen atoms in total. The number of ether oxygens (including phenoxy) is 1. The van der Waals surface area contributed by atoms with Gasteiger partial charge in [0.15, 0.2) is 0 Å². The molecule has 1 aromatic heterocycles. The summed E-state index contributed by atoms with van der Waals surface area (Å²) < 4.78 is 4.64. The molecular formula is C11H14O6S. The number of rotatable bonds is 6. The van der Waals surface area contributed by atoms with E-state index in [2.05, 4.69) is 4.74 Å². The van der Waals surface area contributed by atoms with Gasteiger partial charge in [-0.3, -0.25) is 4.79 Å². The molecule has 0 saturated heterocycles. The number of esters is 1. The van der Waals surface area contributed by atoms with Gasteiger partial charge in [0.25, 0.3) is 0 Å². The molecule has 0 aliphatic rings. The van der Waals surface area contributed by atoms with Crippen LogP contribution in [-0.4, -0.2) is 40.0 Å². The van der Waals surface area contributed by atoms with Crippen LogP contribution in [0.25, 0.3) is 0 Å². The molecule has 0 spiro atoms. The van der Waals surface area contributed by atoms with Gasteiger partial charge in [-0.15, -0.1) is 11.3 Å². The van der Waals surface area contributed by atoms with E-state index in [0.29, 0.717) is 4.88 Å². The lowest BCUT2D eigenvalue weighted by atomic mass is 10.1. The number of thiophene rings is 1. The van der Waals surface area contributed by atoms with Gasteiger partial charge in [-0.1, -0.05) is 0 Å². The van der Waals surface area contributed by atoms with E-state index in [9.17, 15) is 19.8 Å². The van der Waals surface area contributed by atoms with Crippen molar-refractivity contribution in [3.63, 3.8) is 0 Å². The zero-order chi connectivity index (χ0) is 13.7. The molecule has 0 aliphatic heterocycles. The lowest BCUT2D eigenvalue weighted by Gasteiger charge is -2.15. The molecule has 0 amide bonds. The number of carbonyl (C=O) groups excluding carboxylic acids is 1. The van der Waals surface area contributed by atoms with Gasteiger partial charge in [-0.05, 0) is 19.1 Å². The lowest BCUT2D eigenvalue weighted by Crippen LogP contribution is -2.22. The van der Waals surface area contributed by atoms with E-state index in [4.69, 9.17) is 5.11 Å². The Morgan fingerprint density at radius 2 is 2.06 bits per heavy atom. The second-order valence-corrected chi connectivity index (χ2v) is 4.64. The SMILES string of the molecule is CCOC(=O)CC(O)C(O)c1ccc(C(=O)O)s1. The quantitative estimate of drug-likeness (QED) is 0.663. The van der Waals surface area contributed by atoms with Crippen LogP contribution in [0.5, 0.6) is 0 Å². The van der Waals surface area contributed by atoms with Crippen LogP contribution in [0.3, 0.4) is 0 Å². The first kappa shape index (κ1) is 14.6. The Labute approximate surface area is 107 Å². The highest BCUT2D eigenvalue weighted by Gasteiger charge is 2.24. The summed E-state index contributed by atoms with van der Waals surface area (Å²) in [5.74, 6) is -1.71. The molecular weight excluding hydrogens is 260 g/mol. The Morgan fingerprint density at radius 3 is 2.56 bits per heavy atom. The number of hydrogen-bond donors (Lipinski definition) is 3. The molecule has 0 radical (unpaired) electrons. The normalized spacial score (nSPS) is 13.9. The van der Waals surface area contributed by atoms with Crippen molar-refractivity contribution in [3.8, 4) is 0 Å². The van der Waals surface area contributed by atoms with Crippen LogP contribution in [-0.2, 0) is 9.53 Å². The number of carboxylic acids is 1. The van der Waals surface area contributed by atoms with E-state index in [1.807, 2.05) is 0 Å². The van der Waals surface area contributed by atoms with E-state index in [0.717, 1.165) is 11.3 Å². The second kappa shape index (κ2) is 6.48. The molecule has 100 valence electrons. The third kappa shape index (κ3) is 3.80. The number of hydrogen-bond acceptors (Lipinski definition) is 6. The average molecular weight is 274 g/mol. The molecule has 0 aromatic carbocycles. The maximum absolute atomic E-state index is 11.1. The third-order valence-corrected chi connectivity index (χ3v) is 3.32. The number of carboxylic acid groups (broad SMARTS) is 1. The van der Waals surface area contributed by atoms with Crippen LogP contribution in [0.2, 0.25) is 0 Å². The van der Waals surface area contributed by atoms with Gasteiger partial charge in [0, 0.05) is 4.88 Å². The van der Waals surface area contributed by atoms with E-state index in [1.165, 1.54) is 12.1 Å². The number of aromatic carboxylic acids is 1. The number of aliphatic hydroxyl groups excluding tert-OH is 2. The topological polar surface area (TPSA) is 104 Å². The van der Waals surface area contributed by atoms with Crippen LogP contribution in [0.4, 0.5) is 0 Å². The minimum atomic E-state index is -1.32. The summed E-state index contributed by atoms with van der Waals surface area (Å²) in [7, 11) is 0. The van der Waals surface area contributed by atoms with Crippen molar-refractivity contribution in [2.24, 2.45) is 0 Å². The monoisotopic (exact) mass is 274 g/mol. The van der Waals surface area contributed by atoms with Crippen LogP contribution in [0.15, 0.2) is 12.1 Å². The predicted octanol–water partition coefficient (Wildman–Crippen LogP) is 0.794. The van der Waals surface area contributed by atoms with Crippen molar-refractivity contribution in [3.05, 3.63) is 21.9 Å². The van der Waals surface area contributed by atoms with E-state index >= 15 is 0 Å². The molecule has 1 aromatic rings. The van der Waals surface area contributed by atoms with E-state index < -0.39 is 24.1 Å². The summed E-state index contributed by atoms with van der Waals surface area (Å²) in [6, 6.07) is 2.75. The Bertz CT molecular complexity index is 427. The highest BCUT2D eigenvalue weighted by atomic mass is 32.1. The molecule has 18 heavy (non-hydrogen) atoms. The fraction of sp³-hybridized carbons (Fsp3) is 0.455. The fourth-order valence-electron chi connectivity index (χ4n) is 1.32. The maximum Gasteiger partial charge on any atom is 0.345 e. The van der Waals surface area contributed by atoms with Gasteiger partial charge in [-0.2, -0.15) is 0 Å². The van der Waals surface area contributed by atoms with E-state index in [-0.39, 0.29) is 17.9 Å². The van der Waals surface area contributed by atoms with Crippen LogP contribution in [0.1, 0.15) is 34.0 Å². The smallest absolute Gasteiger partial charge is 0.345 e. The standard InChI is InChI=1S/C11H14O6S/c1-2-17-9(13)5-6(12)10(14)7-3-4-8(18-7)11(15)16/h3-4,6,10,12,14H,2,5H2,1H3,(H,15,16). The van der Waals surface area contributed by atoms with Crippen LogP contribution < -0.4 is 0 Å². The van der Waals surface area contributed by atoms with Gasteiger partial charge in [-0.25, -0.2) is 4.79 Å². The van der Waals surface area contributed by atoms with Crippen LogP contribution >= 0.6 is 11.3 Å². The first-order chi connectivity index (χ1) is 8.45. The summed E-state index contributed by atoms with van der Waals surface area (Å²) in [5.41, 5.74) is 0. The van der Waals surface area contributed by atoms with Crippen molar-refractivity contribution in [2.75, 3.05) is 6.61 Å². The zero-order valence-corrected chi connectivity index (χ0v) is 10.5. The summed E-state index contributed by atoms with van der Waals surface area (Å²) in [6.07, 6.45) is -2.95. The largest absolute Gasteiger partial charge is 0.477 e. The molecule has 0 bridgehead atoms. The Kier molecular flexibility index (Phi) is 5.26. The van der Waals surface area contributed by atoms with Gasteiger partial charge in [0.05, 0.1) is 19.1 Å². The summed E-state index contributed by atoms with van der Waals surface area (Å²) in [4.78, 5) is 22.1. The third-order valence-electron chi connectivity index (χ3n) is 2.17. The zero-order valence-electron chi connectivity index (χ0n) is 9.70. The molecule has 0 fully saturated rings. The van der Waals surface area contributed by atoms with Crippen molar-refractivity contribution in [1.82, 2.24) is 0 Å². The van der Waals surface area contributed by atoms with Crippen molar-refractivity contribution in [2.45, 2.75) is 25.6 Å². The van der Waals surface area contributed by atoms with Crippen molar-refractivity contribution in [1.29, 1.82) is 0 Å². The summed E-state index contributed by atoms with van der Waals surface area (Å²) in [5, 5.41) is 28.1. The average Bonchev–Trinajstić information content (AvgIpc) is 2.77. The Hall–Kier alpha value is -1.44.